The van der Waals surface area contributed by atoms with Crippen LogP contribution in [0.4, 0.5) is 15.8 Å². The number of aromatic nitrogens is 3. The molecule has 2 aromatic heterocycles. The van der Waals surface area contributed by atoms with E-state index >= 15 is 0 Å². The lowest BCUT2D eigenvalue weighted by Crippen LogP contribution is -2.43. The third kappa shape index (κ3) is 5.27. The fourth-order valence-corrected chi connectivity index (χ4v) is 5.25. The molecule has 0 saturated carbocycles. The highest BCUT2D eigenvalue weighted by atomic mass is 79.9. The van der Waals surface area contributed by atoms with Gasteiger partial charge in [-0.1, -0.05) is 6.07 Å². The van der Waals surface area contributed by atoms with Crippen LogP contribution in [0, 0.1) is 6.92 Å². The Balaban J connectivity index is 1.42. The first-order chi connectivity index (χ1) is 18.4. The van der Waals surface area contributed by atoms with Crippen LogP contribution in [0.5, 0.6) is 5.75 Å². The van der Waals surface area contributed by atoms with Crippen molar-refractivity contribution < 1.29 is 19.0 Å². The number of halogens is 2. The molecule has 1 saturated heterocycles. The molecule has 0 spiro atoms. The molecule has 38 heavy (non-hydrogen) atoms. The second-order valence-corrected chi connectivity index (χ2v) is 10.1. The first kappa shape index (κ1) is 26.2. The molecular formula is C27H29BrFN5O4. The molecule has 2 atom stereocenters. The summed E-state index contributed by atoms with van der Waals surface area (Å²) in [6.07, 6.45) is 0.283. The summed E-state index contributed by atoms with van der Waals surface area (Å²) in [5.74, 6) is 1.08. The van der Waals surface area contributed by atoms with E-state index in [0.717, 1.165) is 26.8 Å². The van der Waals surface area contributed by atoms with Crippen LogP contribution in [0.25, 0.3) is 22.4 Å². The number of imidazole rings is 1. The lowest BCUT2D eigenvalue weighted by atomic mass is 10.1. The Bertz CT molecular complexity index is 1510. The number of methoxy groups -OCH3 is 1. The SMILES string of the molecule is COc1ccc([C@H](O)CNc2cc[nH]c(=O)c2-c2nc3c(C)cc(N4CCO[C@H](CF)C4)cc3[nH]2)cc1Br. The molecule has 0 aliphatic carbocycles. The zero-order valence-electron chi connectivity index (χ0n) is 21.1. The number of aliphatic hydroxyl groups excluding tert-OH is 1. The first-order valence-electron chi connectivity index (χ1n) is 12.3. The number of rotatable bonds is 8. The van der Waals surface area contributed by atoms with Gasteiger partial charge in [-0.3, -0.25) is 4.79 Å². The summed E-state index contributed by atoms with van der Waals surface area (Å²) in [5.41, 5.74) is 4.67. The average molecular weight is 586 g/mol. The molecule has 200 valence electrons. The van der Waals surface area contributed by atoms with Crippen molar-refractivity contribution in [1.82, 2.24) is 15.0 Å². The number of aliphatic hydroxyl groups is 1. The topological polar surface area (TPSA) is 116 Å². The zero-order valence-corrected chi connectivity index (χ0v) is 22.6. The number of anilines is 2. The summed E-state index contributed by atoms with van der Waals surface area (Å²) in [6, 6.07) is 11.1. The molecule has 0 bridgehead atoms. The van der Waals surface area contributed by atoms with Gasteiger partial charge in [-0.25, -0.2) is 9.37 Å². The van der Waals surface area contributed by atoms with E-state index in [1.165, 1.54) is 0 Å². The Morgan fingerprint density at radius 2 is 2.18 bits per heavy atom. The number of pyridine rings is 1. The third-order valence-corrected chi connectivity index (χ3v) is 7.30. The van der Waals surface area contributed by atoms with Crippen molar-refractivity contribution in [2.45, 2.75) is 19.1 Å². The van der Waals surface area contributed by atoms with Crippen molar-refractivity contribution in [3.63, 3.8) is 0 Å². The maximum absolute atomic E-state index is 13.2. The van der Waals surface area contributed by atoms with Gasteiger partial charge in [0.2, 0.25) is 0 Å². The van der Waals surface area contributed by atoms with E-state index in [4.69, 9.17) is 14.5 Å². The molecule has 1 aliphatic heterocycles. The number of aryl methyl sites for hydroxylation is 1. The minimum atomic E-state index is -0.827. The number of H-pyrrole nitrogens is 2. The van der Waals surface area contributed by atoms with Gasteiger partial charge in [-0.2, -0.15) is 0 Å². The van der Waals surface area contributed by atoms with Crippen LogP contribution in [-0.2, 0) is 4.74 Å². The van der Waals surface area contributed by atoms with Gasteiger partial charge in [0.1, 0.15) is 29.9 Å². The number of hydrogen-bond donors (Lipinski definition) is 4. The van der Waals surface area contributed by atoms with E-state index in [2.05, 4.69) is 36.1 Å². The van der Waals surface area contributed by atoms with Gasteiger partial charge in [-0.05, 0) is 64.3 Å². The average Bonchev–Trinajstić information content (AvgIpc) is 3.36. The summed E-state index contributed by atoms with van der Waals surface area (Å²) < 4.78 is 24.7. The number of benzene rings is 2. The molecule has 4 N–H and O–H groups in total. The minimum absolute atomic E-state index is 0.172. The summed E-state index contributed by atoms with van der Waals surface area (Å²) in [5, 5.41) is 14.0. The van der Waals surface area contributed by atoms with Gasteiger partial charge in [0.15, 0.2) is 0 Å². The van der Waals surface area contributed by atoms with Crippen molar-refractivity contribution in [3.05, 3.63) is 68.5 Å². The van der Waals surface area contributed by atoms with Gasteiger partial charge in [0.25, 0.3) is 5.56 Å². The summed E-state index contributed by atoms with van der Waals surface area (Å²) in [7, 11) is 1.58. The van der Waals surface area contributed by atoms with E-state index in [9.17, 15) is 14.3 Å². The molecular weight excluding hydrogens is 557 g/mol. The first-order valence-corrected chi connectivity index (χ1v) is 13.1. The molecule has 5 rings (SSSR count). The van der Waals surface area contributed by atoms with Crippen LogP contribution in [0.2, 0.25) is 0 Å². The molecule has 4 aromatic rings. The largest absolute Gasteiger partial charge is 0.496 e. The molecule has 2 aromatic carbocycles. The highest BCUT2D eigenvalue weighted by Gasteiger charge is 2.22. The molecule has 0 amide bonds. The van der Waals surface area contributed by atoms with Crippen LogP contribution >= 0.6 is 15.9 Å². The molecule has 3 heterocycles. The second kappa shape index (κ2) is 11.1. The van der Waals surface area contributed by atoms with Crippen LogP contribution in [0.3, 0.4) is 0 Å². The standard InChI is InChI=1S/C27H29BrFN5O4/c1-15-9-17(34-7-8-38-18(12-29)14-34)11-21-25(15)33-26(32-21)24-20(5-6-30-27(24)36)31-13-22(35)16-3-4-23(37-2)19(28)10-16/h3-6,9-11,18,22,35H,7-8,12-14H2,1-2H3,(H,32,33)(H2,30,31,36)/t18-,22-/m1/s1. The Morgan fingerprint density at radius 3 is 2.95 bits per heavy atom. The number of nitrogens with one attached hydrogen (secondary N) is 3. The van der Waals surface area contributed by atoms with Crippen LogP contribution in [-0.4, -0.2) is 66.2 Å². The van der Waals surface area contributed by atoms with Crippen molar-refractivity contribution in [2.75, 3.05) is 50.2 Å². The van der Waals surface area contributed by atoms with Crippen LogP contribution in [0.1, 0.15) is 17.2 Å². The quantitative estimate of drug-likeness (QED) is 0.243. The highest BCUT2D eigenvalue weighted by molar-refractivity contribution is 9.10. The predicted octanol–water partition coefficient (Wildman–Crippen LogP) is 4.32. The highest BCUT2D eigenvalue weighted by Crippen LogP contribution is 2.31. The molecule has 11 heteroatoms. The Labute approximate surface area is 227 Å². The minimum Gasteiger partial charge on any atom is -0.496 e. The number of aromatic amines is 2. The normalized spacial score (nSPS) is 16.6. The lowest BCUT2D eigenvalue weighted by molar-refractivity contribution is 0.0247. The smallest absolute Gasteiger partial charge is 0.261 e. The molecule has 1 fully saturated rings. The van der Waals surface area contributed by atoms with E-state index < -0.39 is 18.9 Å². The van der Waals surface area contributed by atoms with E-state index in [1.807, 2.05) is 19.1 Å². The Kier molecular flexibility index (Phi) is 7.68. The Morgan fingerprint density at radius 1 is 1.34 bits per heavy atom. The fourth-order valence-electron chi connectivity index (χ4n) is 4.70. The van der Waals surface area contributed by atoms with Gasteiger partial charge >= 0.3 is 0 Å². The van der Waals surface area contributed by atoms with Crippen molar-refractivity contribution >= 4 is 38.3 Å². The van der Waals surface area contributed by atoms with Gasteiger partial charge in [0, 0.05) is 31.5 Å². The summed E-state index contributed by atoms with van der Waals surface area (Å²) >= 11 is 3.44. The number of hydrogen-bond acceptors (Lipinski definition) is 7. The zero-order chi connectivity index (χ0) is 26.8. The van der Waals surface area contributed by atoms with E-state index in [-0.39, 0.29) is 12.1 Å². The van der Waals surface area contributed by atoms with Crippen LogP contribution < -0.4 is 20.5 Å². The van der Waals surface area contributed by atoms with E-state index in [0.29, 0.717) is 48.1 Å². The van der Waals surface area contributed by atoms with Crippen molar-refractivity contribution in [1.29, 1.82) is 0 Å². The fraction of sp³-hybridized carbons (Fsp3) is 0.333. The van der Waals surface area contributed by atoms with E-state index in [1.54, 1.807) is 37.6 Å². The molecule has 0 radical (unpaired) electrons. The number of nitrogens with zero attached hydrogens (tertiary/aromatic N) is 2. The number of fused-ring (bicyclic) bond motifs is 1. The van der Waals surface area contributed by atoms with Gasteiger partial charge in [0.05, 0.1) is 41.0 Å². The maximum Gasteiger partial charge on any atom is 0.261 e. The second-order valence-electron chi connectivity index (χ2n) is 9.22. The molecule has 0 unspecified atom stereocenters. The lowest BCUT2D eigenvalue weighted by Gasteiger charge is -2.33. The molecule has 9 nitrogen and oxygen atoms in total. The predicted molar refractivity (Wildman–Crippen MR) is 149 cm³/mol. The van der Waals surface area contributed by atoms with Gasteiger partial charge in [-0.15, -0.1) is 0 Å². The maximum atomic E-state index is 13.2. The van der Waals surface area contributed by atoms with Crippen molar-refractivity contribution in [2.24, 2.45) is 0 Å². The number of alkyl halides is 1. The third-order valence-electron chi connectivity index (χ3n) is 6.68. The summed E-state index contributed by atoms with van der Waals surface area (Å²) in [6.45, 7) is 3.22. The Hall–Kier alpha value is -3.41. The monoisotopic (exact) mass is 585 g/mol. The number of morpholine rings is 1. The van der Waals surface area contributed by atoms with Crippen LogP contribution in [0.15, 0.2) is 51.9 Å². The molecule has 1 aliphatic rings. The van der Waals surface area contributed by atoms with Crippen molar-refractivity contribution in [3.8, 4) is 17.1 Å². The van der Waals surface area contributed by atoms with Gasteiger partial charge < -0.3 is 34.8 Å². The number of ether oxygens (including phenoxy) is 2. The summed E-state index contributed by atoms with van der Waals surface area (Å²) in [4.78, 5) is 25.8.